The van der Waals surface area contributed by atoms with E-state index >= 15 is 0 Å². The molecule has 0 saturated heterocycles. The molecule has 1 saturated carbocycles. The zero-order valence-electron chi connectivity index (χ0n) is 17.7. The van der Waals surface area contributed by atoms with Crippen molar-refractivity contribution in [2.24, 2.45) is 17.3 Å². The van der Waals surface area contributed by atoms with Crippen molar-refractivity contribution in [3.8, 4) is 5.75 Å². The molecule has 0 radical (unpaired) electrons. The molecule has 1 heterocycles. The Morgan fingerprint density at radius 1 is 1.28 bits per heavy atom. The molecule has 1 N–H and O–H groups in total. The van der Waals surface area contributed by atoms with Gasteiger partial charge in [0.15, 0.2) is 0 Å². The Kier molecular flexibility index (Phi) is 6.15. The third-order valence-corrected chi connectivity index (χ3v) is 6.50. The van der Waals surface area contributed by atoms with Crippen LogP contribution in [0.3, 0.4) is 0 Å². The molecule has 0 bridgehead atoms. The Morgan fingerprint density at radius 3 is 2.69 bits per heavy atom. The Bertz CT molecular complexity index is 982. The van der Waals surface area contributed by atoms with Crippen LogP contribution in [0.1, 0.15) is 53.4 Å². The maximum Gasteiger partial charge on any atom is 0.336 e. The molecule has 1 aromatic heterocycles. The van der Waals surface area contributed by atoms with Gasteiger partial charge in [0.05, 0.1) is 0 Å². The van der Waals surface area contributed by atoms with Gasteiger partial charge in [0.25, 0.3) is 0 Å². The highest BCUT2D eigenvalue weighted by Crippen LogP contribution is 2.47. The average molecular weight is 398 g/mol. The number of carboxylic acid groups (broad SMARTS) is 1. The number of rotatable bonds is 6. The first-order valence-electron chi connectivity index (χ1n) is 10.3. The van der Waals surface area contributed by atoms with Gasteiger partial charge in [-0.25, -0.2) is 9.59 Å². The molecule has 1 fully saturated rings. The van der Waals surface area contributed by atoms with Crippen molar-refractivity contribution in [3.63, 3.8) is 0 Å². The maximum absolute atomic E-state index is 11.7. The van der Waals surface area contributed by atoms with E-state index in [-0.39, 0.29) is 12.0 Å². The molecule has 1 aromatic carbocycles. The topological polar surface area (TPSA) is 76.7 Å². The van der Waals surface area contributed by atoms with Crippen LogP contribution in [0.4, 0.5) is 0 Å². The van der Waals surface area contributed by atoms with E-state index in [9.17, 15) is 14.7 Å². The fraction of sp³-hybridized carbons (Fsp3) is 0.500. The third kappa shape index (κ3) is 4.89. The van der Waals surface area contributed by atoms with E-state index < -0.39 is 11.6 Å². The van der Waals surface area contributed by atoms with Gasteiger partial charge in [0.1, 0.15) is 17.9 Å². The van der Waals surface area contributed by atoms with E-state index in [1.807, 2.05) is 12.1 Å². The number of ether oxygens (including phenoxy) is 1. The summed E-state index contributed by atoms with van der Waals surface area (Å²) in [4.78, 5) is 23.1. The minimum Gasteiger partial charge on any atom is -0.489 e. The summed E-state index contributed by atoms with van der Waals surface area (Å²) in [6, 6.07) is 8.40. The van der Waals surface area contributed by atoms with E-state index in [0.29, 0.717) is 28.7 Å². The van der Waals surface area contributed by atoms with Crippen LogP contribution in [-0.2, 0) is 4.79 Å². The van der Waals surface area contributed by atoms with Crippen LogP contribution in [0.5, 0.6) is 5.75 Å². The van der Waals surface area contributed by atoms with Crippen molar-refractivity contribution < 1.29 is 19.1 Å². The number of hydrogen-bond donors (Lipinski definition) is 1. The van der Waals surface area contributed by atoms with Crippen LogP contribution in [-0.4, -0.2) is 17.7 Å². The van der Waals surface area contributed by atoms with Gasteiger partial charge in [-0.15, -0.1) is 0 Å². The number of aliphatic carboxylic acids is 1. The molecule has 0 aliphatic heterocycles. The SMILES string of the molecule is C/C(C(=O)O)=C(/COc1ccc2ccc(=O)oc2c1)C[C@@H]1[C@@H](C)CCCC1(C)C. The highest BCUT2D eigenvalue weighted by atomic mass is 16.5. The Morgan fingerprint density at radius 2 is 2.00 bits per heavy atom. The molecule has 5 nitrogen and oxygen atoms in total. The summed E-state index contributed by atoms with van der Waals surface area (Å²) < 4.78 is 11.2. The summed E-state index contributed by atoms with van der Waals surface area (Å²) in [5, 5.41) is 10.4. The largest absolute Gasteiger partial charge is 0.489 e. The normalized spacial score (nSPS) is 22.2. The van der Waals surface area contributed by atoms with Crippen molar-refractivity contribution in [1.82, 2.24) is 0 Å². The molecule has 0 amide bonds. The minimum absolute atomic E-state index is 0.175. The number of fused-ring (bicyclic) bond motifs is 1. The van der Waals surface area contributed by atoms with Crippen molar-refractivity contribution in [2.45, 2.75) is 53.4 Å². The summed E-state index contributed by atoms with van der Waals surface area (Å²) in [7, 11) is 0. The van der Waals surface area contributed by atoms with Gasteiger partial charge >= 0.3 is 11.6 Å². The molecule has 1 aliphatic carbocycles. The van der Waals surface area contributed by atoms with Gasteiger partial charge in [-0.05, 0) is 60.8 Å². The third-order valence-electron chi connectivity index (χ3n) is 6.50. The quantitative estimate of drug-likeness (QED) is 0.519. The smallest absolute Gasteiger partial charge is 0.336 e. The Labute approximate surface area is 171 Å². The molecular formula is C24H30O5. The summed E-state index contributed by atoms with van der Waals surface area (Å²) in [5.74, 6) is 0.608. The van der Waals surface area contributed by atoms with Crippen molar-refractivity contribution in [3.05, 3.63) is 51.9 Å². The second-order valence-corrected chi connectivity index (χ2v) is 8.95. The lowest BCUT2D eigenvalue weighted by molar-refractivity contribution is -0.132. The second-order valence-electron chi connectivity index (χ2n) is 8.95. The average Bonchev–Trinajstić information content (AvgIpc) is 2.65. The fourth-order valence-corrected chi connectivity index (χ4v) is 4.55. The molecule has 5 heteroatoms. The van der Waals surface area contributed by atoms with Crippen LogP contribution in [0, 0.1) is 17.3 Å². The van der Waals surface area contributed by atoms with Gasteiger partial charge in [-0.2, -0.15) is 0 Å². The fourth-order valence-electron chi connectivity index (χ4n) is 4.55. The van der Waals surface area contributed by atoms with Gasteiger partial charge < -0.3 is 14.3 Å². The lowest BCUT2D eigenvalue weighted by Gasteiger charge is -2.43. The molecule has 29 heavy (non-hydrogen) atoms. The predicted molar refractivity (Wildman–Crippen MR) is 113 cm³/mol. The van der Waals surface area contributed by atoms with Crippen LogP contribution in [0.2, 0.25) is 0 Å². The second kappa shape index (κ2) is 8.44. The van der Waals surface area contributed by atoms with Gasteiger partial charge in [0, 0.05) is 23.1 Å². The molecule has 0 spiro atoms. The standard InChI is InChI=1S/C24H30O5/c1-15-6-5-11-24(3,4)20(15)12-18(16(2)23(26)27)14-28-19-9-7-17-8-10-22(25)29-21(17)13-19/h7-10,13,15,20H,5-6,11-12,14H2,1-4H3,(H,26,27)/b18-16-/t15-,20+/m0/s1. The lowest BCUT2D eigenvalue weighted by atomic mass is 9.62. The van der Waals surface area contributed by atoms with Gasteiger partial charge in [-0.3, -0.25) is 0 Å². The van der Waals surface area contributed by atoms with E-state index in [2.05, 4.69) is 20.8 Å². The van der Waals surface area contributed by atoms with Crippen LogP contribution in [0.15, 0.2) is 50.7 Å². The van der Waals surface area contributed by atoms with E-state index in [0.717, 1.165) is 23.8 Å². The lowest BCUT2D eigenvalue weighted by Crippen LogP contribution is -2.34. The van der Waals surface area contributed by atoms with Crippen LogP contribution in [0.25, 0.3) is 11.0 Å². The first kappa shape index (κ1) is 21.2. The summed E-state index contributed by atoms with van der Waals surface area (Å²) in [6.07, 6.45) is 4.28. The number of hydrogen-bond acceptors (Lipinski definition) is 4. The summed E-state index contributed by atoms with van der Waals surface area (Å²) >= 11 is 0. The first-order chi connectivity index (χ1) is 13.7. The number of carbonyl (C=O) groups is 1. The number of benzene rings is 1. The van der Waals surface area contributed by atoms with Gasteiger partial charge in [0.2, 0.25) is 0 Å². The highest BCUT2D eigenvalue weighted by molar-refractivity contribution is 5.86. The first-order valence-corrected chi connectivity index (χ1v) is 10.3. The Balaban J connectivity index is 1.82. The summed E-state index contributed by atoms with van der Waals surface area (Å²) in [5.41, 5.74) is 1.39. The van der Waals surface area contributed by atoms with Crippen LogP contribution >= 0.6 is 0 Å². The summed E-state index contributed by atoms with van der Waals surface area (Å²) in [6.45, 7) is 8.70. The van der Waals surface area contributed by atoms with Crippen molar-refractivity contribution in [1.29, 1.82) is 0 Å². The van der Waals surface area contributed by atoms with E-state index in [1.165, 1.54) is 18.9 Å². The molecule has 3 rings (SSSR count). The monoisotopic (exact) mass is 398 g/mol. The molecule has 2 aromatic rings. The Hall–Kier alpha value is -2.56. The zero-order valence-corrected chi connectivity index (χ0v) is 17.7. The van der Waals surface area contributed by atoms with E-state index in [4.69, 9.17) is 9.15 Å². The van der Waals surface area contributed by atoms with Crippen molar-refractivity contribution in [2.75, 3.05) is 6.61 Å². The molecule has 0 unspecified atom stereocenters. The maximum atomic E-state index is 11.7. The molecular weight excluding hydrogens is 368 g/mol. The molecule has 156 valence electrons. The highest BCUT2D eigenvalue weighted by Gasteiger charge is 2.37. The number of carboxylic acids is 1. The van der Waals surface area contributed by atoms with Crippen molar-refractivity contribution >= 4 is 16.9 Å². The predicted octanol–water partition coefficient (Wildman–Crippen LogP) is 5.43. The van der Waals surface area contributed by atoms with Crippen LogP contribution < -0.4 is 10.4 Å². The van der Waals surface area contributed by atoms with Gasteiger partial charge in [-0.1, -0.05) is 33.6 Å². The minimum atomic E-state index is -0.908. The van der Waals surface area contributed by atoms with E-state index in [1.54, 1.807) is 19.1 Å². The molecule has 1 aliphatic rings. The zero-order chi connectivity index (χ0) is 21.2. The molecule has 2 atom stereocenters.